The maximum Gasteiger partial charge on any atom is 0.407 e. The van der Waals surface area contributed by atoms with E-state index in [1.54, 1.807) is 0 Å². The highest BCUT2D eigenvalue weighted by Gasteiger charge is 2.14. The van der Waals surface area contributed by atoms with Crippen molar-refractivity contribution in [3.8, 4) is 5.75 Å². The zero-order valence-corrected chi connectivity index (χ0v) is 16.8. The molecule has 1 aromatic carbocycles. The van der Waals surface area contributed by atoms with Gasteiger partial charge >= 0.3 is 6.09 Å². The molecular formula is C22H35NO3. The van der Waals surface area contributed by atoms with Crippen LogP contribution in [-0.2, 0) is 4.74 Å². The molecule has 0 spiro atoms. The number of carbonyl (C=O) groups excluding carboxylic acids is 1. The molecule has 0 unspecified atom stereocenters. The van der Waals surface area contributed by atoms with Crippen molar-refractivity contribution in [2.45, 2.75) is 71.8 Å². The Bertz CT molecular complexity index is 529. The molecule has 0 atom stereocenters. The van der Waals surface area contributed by atoms with E-state index >= 15 is 0 Å². The summed E-state index contributed by atoms with van der Waals surface area (Å²) < 4.78 is 11.0. The van der Waals surface area contributed by atoms with Gasteiger partial charge in [-0.2, -0.15) is 0 Å². The van der Waals surface area contributed by atoms with Gasteiger partial charge in [0.15, 0.2) is 0 Å². The van der Waals surface area contributed by atoms with E-state index in [0.717, 1.165) is 24.3 Å². The molecule has 1 amide bonds. The van der Waals surface area contributed by atoms with Crippen molar-refractivity contribution in [3.63, 3.8) is 0 Å². The molecular weight excluding hydrogens is 326 g/mol. The van der Waals surface area contributed by atoms with Gasteiger partial charge < -0.3 is 14.8 Å². The number of ether oxygens (including phenoxy) is 2. The van der Waals surface area contributed by atoms with Crippen LogP contribution in [-0.4, -0.2) is 24.8 Å². The van der Waals surface area contributed by atoms with Gasteiger partial charge in [0.25, 0.3) is 0 Å². The van der Waals surface area contributed by atoms with Crippen molar-refractivity contribution in [3.05, 3.63) is 35.9 Å². The lowest BCUT2D eigenvalue weighted by atomic mass is 10.1. The van der Waals surface area contributed by atoms with E-state index in [1.807, 2.05) is 57.2 Å². The second-order valence-corrected chi connectivity index (χ2v) is 7.47. The molecule has 0 saturated heterocycles. The molecule has 0 aliphatic heterocycles. The summed E-state index contributed by atoms with van der Waals surface area (Å²) in [6, 6.07) is 8.00. The van der Waals surface area contributed by atoms with Gasteiger partial charge in [-0.15, -0.1) is 0 Å². The predicted octanol–water partition coefficient (Wildman–Crippen LogP) is 5.96. The number of amides is 1. The van der Waals surface area contributed by atoms with Crippen LogP contribution >= 0.6 is 0 Å². The quantitative estimate of drug-likeness (QED) is 0.494. The van der Waals surface area contributed by atoms with Crippen molar-refractivity contribution >= 4 is 12.2 Å². The van der Waals surface area contributed by atoms with E-state index in [1.165, 1.54) is 32.1 Å². The highest BCUT2D eigenvalue weighted by Crippen LogP contribution is 2.14. The Balaban J connectivity index is 2.20. The van der Waals surface area contributed by atoms with Crippen molar-refractivity contribution < 1.29 is 14.3 Å². The second-order valence-electron chi connectivity index (χ2n) is 7.47. The molecule has 4 heteroatoms. The van der Waals surface area contributed by atoms with Crippen LogP contribution in [0, 0.1) is 0 Å². The van der Waals surface area contributed by atoms with Gasteiger partial charge in [0.2, 0.25) is 0 Å². The van der Waals surface area contributed by atoms with Crippen LogP contribution in [0.1, 0.15) is 71.8 Å². The minimum atomic E-state index is -0.473. The molecule has 0 aliphatic rings. The topological polar surface area (TPSA) is 47.6 Å². The molecule has 0 fully saturated rings. The van der Waals surface area contributed by atoms with Gasteiger partial charge in [0.1, 0.15) is 11.4 Å². The molecule has 0 heterocycles. The minimum absolute atomic E-state index is 0.402. The number of rotatable bonds is 11. The maximum absolute atomic E-state index is 11.5. The maximum atomic E-state index is 11.5. The van der Waals surface area contributed by atoms with Crippen LogP contribution in [0.15, 0.2) is 30.3 Å². The number of unbranched alkanes of at least 4 members (excludes halogenated alkanes) is 5. The van der Waals surface area contributed by atoms with E-state index < -0.39 is 11.7 Å². The molecule has 146 valence electrons. The lowest BCUT2D eigenvalue weighted by Gasteiger charge is -2.19. The number of hydrogen-bond donors (Lipinski definition) is 1. The molecule has 1 aromatic rings. The van der Waals surface area contributed by atoms with E-state index in [4.69, 9.17) is 9.47 Å². The predicted molar refractivity (Wildman–Crippen MR) is 109 cm³/mol. The largest absolute Gasteiger partial charge is 0.494 e. The first kappa shape index (κ1) is 22.1. The van der Waals surface area contributed by atoms with Crippen molar-refractivity contribution in [2.75, 3.05) is 13.2 Å². The highest BCUT2D eigenvalue weighted by molar-refractivity contribution is 5.68. The molecule has 0 radical (unpaired) electrons. The van der Waals surface area contributed by atoms with Crippen molar-refractivity contribution in [1.82, 2.24) is 5.32 Å². The van der Waals surface area contributed by atoms with Crippen LogP contribution in [0.4, 0.5) is 4.79 Å². The Labute approximate surface area is 159 Å². The first-order chi connectivity index (χ1) is 12.4. The third-order valence-corrected chi connectivity index (χ3v) is 3.72. The average Bonchev–Trinajstić information content (AvgIpc) is 2.57. The number of alkyl carbamates (subject to hydrolysis) is 1. The average molecular weight is 362 g/mol. The van der Waals surface area contributed by atoms with Crippen molar-refractivity contribution in [1.29, 1.82) is 0 Å². The summed E-state index contributed by atoms with van der Waals surface area (Å²) in [4.78, 5) is 11.5. The fourth-order valence-corrected chi connectivity index (χ4v) is 2.40. The van der Waals surface area contributed by atoms with Crippen LogP contribution in [0.5, 0.6) is 5.75 Å². The fourth-order valence-electron chi connectivity index (χ4n) is 2.40. The highest BCUT2D eigenvalue weighted by atomic mass is 16.6. The SMILES string of the molecule is CCCCCCCCOc1ccc(C=CCNC(=O)OC(C)(C)C)cc1. The summed E-state index contributed by atoms with van der Waals surface area (Å²) in [5.74, 6) is 0.905. The lowest BCUT2D eigenvalue weighted by Crippen LogP contribution is -2.32. The van der Waals surface area contributed by atoms with Crippen LogP contribution in [0.3, 0.4) is 0 Å². The minimum Gasteiger partial charge on any atom is -0.494 e. The van der Waals surface area contributed by atoms with Crippen molar-refractivity contribution in [2.24, 2.45) is 0 Å². The second kappa shape index (κ2) is 12.4. The number of carbonyl (C=O) groups is 1. The van der Waals surface area contributed by atoms with Crippen LogP contribution in [0.2, 0.25) is 0 Å². The normalized spacial score (nSPS) is 11.5. The Morgan fingerprint density at radius 2 is 1.69 bits per heavy atom. The summed E-state index contributed by atoms with van der Waals surface area (Å²) in [5, 5.41) is 2.70. The molecule has 0 aliphatic carbocycles. The third kappa shape index (κ3) is 11.6. The van der Waals surface area contributed by atoms with Gasteiger partial charge in [-0.3, -0.25) is 0 Å². The standard InChI is InChI=1S/C22H35NO3/c1-5-6-7-8-9-10-18-25-20-15-13-19(14-16-20)12-11-17-23-21(24)26-22(2,3)4/h11-16H,5-10,17-18H2,1-4H3,(H,23,24). The first-order valence-corrected chi connectivity index (χ1v) is 9.77. The van der Waals surface area contributed by atoms with E-state index in [-0.39, 0.29) is 0 Å². The molecule has 0 bridgehead atoms. The van der Waals surface area contributed by atoms with Crippen LogP contribution in [0.25, 0.3) is 6.08 Å². The first-order valence-electron chi connectivity index (χ1n) is 9.77. The van der Waals surface area contributed by atoms with Gasteiger partial charge in [0, 0.05) is 6.54 Å². The summed E-state index contributed by atoms with van der Waals surface area (Å²) in [6.45, 7) is 8.99. The molecule has 1 N–H and O–H groups in total. The van der Waals surface area contributed by atoms with Gasteiger partial charge in [-0.1, -0.05) is 63.3 Å². The Hall–Kier alpha value is -1.97. The number of benzene rings is 1. The Morgan fingerprint density at radius 1 is 1.04 bits per heavy atom. The smallest absolute Gasteiger partial charge is 0.407 e. The fraction of sp³-hybridized carbons (Fsp3) is 0.591. The number of hydrogen-bond acceptors (Lipinski definition) is 3. The zero-order chi connectivity index (χ0) is 19.3. The molecule has 26 heavy (non-hydrogen) atoms. The Kier molecular flexibility index (Phi) is 10.5. The number of nitrogens with one attached hydrogen (secondary N) is 1. The monoisotopic (exact) mass is 361 g/mol. The van der Waals surface area contributed by atoms with E-state index in [9.17, 15) is 4.79 Å². The molecule has 4 nitrogen and oxygen atoms in total. The van der Waals surface area contributed by atoms with E-state index in [0.29, 0.717) is 6.54 Å². The summed E-state index contributed by atoms with van der Waals surface area (Å²) in [5.41, 5.74) is 0.599. The van der Waals surface area contributed by atoms with Gasteiger partial charge in [0.05, 0.1) is 6.61 Å². The summed E-state index contributed by atoms with van der Waals surface area (Å²) in [6.07, 6.45) is 11.1. The zero-order valence-electron chi connectivity index (χ0n) is 16.8. The molecule has 0 saturated carbocycles. The van der Waals surface area contributed by atoms with Gasteiger partial charge in [-0.25, -0.2) is 4.79 Å². The van der Waals surface area contributed by atoms with Gasteiger partial charge in [-0.05, 0) is 44.9 Å². The summed E-state index contributed by atoms with van der Waals surface area (Å²) >= 11 is 0. The Morgan fingerprint density at radius 3 is 2.35 bits per heavy atom. The molecule has 0 aromatic heterocycles. The van der Waals surface area contributed by atoms with E-state index in [2.05, 4.69) is 12.2 Å². The lowest BCUT2D eigenvalue weighted by molar-refractivity contribution is 0.0534. The molecule has 1 rings (SSSR count). The third-order valence-electron chi connectivity index (χ3n) is 3.72. The van der Waals surface area contributed by atoms with Crippen LogP contribution < -0.4 is 10.1 Å². The summed E-state index contributed by atoms with van der Waals surface area (Å²) in [7, 11) is 0.